The Morgan fingerprint density at radius 3 is 2.55 bits per heavy atom. The van der Waals surface area contributed by atoms with Gasteiger partial charge in [-0.2, -0.15) is 5.10 Å². The van der Waals surface area contributed by atoms with Crippen LogP contribution in [0.4, 0.5) is 0 Å². The van der Waals surface area contributed by atoms with Gasteiger partial charge in [0.15, 0.2) is 0 Å². The highest BCUT2D eigenvalue weighted by Crippen LogP contribution is 2.22. The molecule has 0 aliphatic rings. The lowest BCUT2D eigenvalue weighted by atomic mass is 10.1. The smallest absolute Gasteiger partial charge is 0.244 e. The van der Waals surface area contributed by atoms with Crippen molar-refractivity contribution in [1.29, 1.82) is 0 Å². The molecule has 0 saturated heterocycles. The average molecular weight is 295 g/mol. The zero-order valence-corrected chi connectivity index (χ0v) is 12.1. The average Bonchev–Trinajstić information content (AvgIpc) is 3.00. The molecular formula is C13H17N3O3S. The first kappa shape index (κ1) is 14.5. The van der Waals surface area contributed by atoms with Crippen molar-refractivity contribution in [3.63, 3.8) is 0 Å². The van der Waals surface area contributed by atoms with E-state index in [9.17, 15) is 8.42 Å². The van der Waals surface area contributed by atoms with Crippen LogP contribution in [0.5, 0.6) is 5.75 Å². The van der Waals surface area contributed by atoms with E-state index in [0.717, 1.165) is 11.3 Å². The van der Waals surface area contributed by atoms with Gasteiger partial charge < -0.3 is 4.74 Å². The summed E-state index contributed by atoms with van der Waals surface area (Å²) in [7, 11) is -1.98. The molecule has 2 rings (SSSR count). The molecule has 1 heterocycles. The lowest BCUT2D eigenvalue weighted by molar-refractivity contribution is 0.414. The van der Waals surface area contributed by atoms with Crippen molar-refractivity contribution in [2.75, 3.05) is 7.11 Å². The second-order valence-corrected chi connectivity index (χ2v) is 6.00. The molecule has 7 heteroatoms. The molecule has 1 atom stereocenters. The van der Waals surface area contributed by atoms with E-state index in [1.54, 1.807) is 7.11 Å². The zero-order chi connectivity index (χ0) is 14.6. The maximum absolute atomic E-state index is 12.2. The van der Waals surface area contributed by atoms with E-state index >= 15 is 0 Å². The Morgan fingerprint density at radius 1 is 1.35 bits per heavy atom. The van der Waals surface area contributed by atoms with Crippen molar-refractivity contribution in [2.24, 2.45) is 0 Å². The molecule has 1 aromatic heterocycles. The van der Waals surface area contributed by atoms with E-state index in [2.05, 4.69) is 14.9 Å². The molecular weight excluding hydrogens is 278 g/mol. The summed E-state index contributed by atoms with van der Waals surface area (Å²) in [5, 5.41) is 6.15. The summed E-state index contributed by atoms with van der Waals surface area (Å²) in [4.78, 5) is 0.129. The first-order valence-corrected chi connectivity index (χ1v) is 7.70. The molecule has 0 fully saturated rings. The van der Waals surface area contributed by atoms with Crippen molar-refractivity contribution in [3.8, 4) is 5.75 Å². The number of ether oxygens (including phenoxy) is 1. The molecule has 2 N–H and O–H groups in total. The highest BCUT2D eigenvalue weighted by molar-refractivity contribution is 7.89. The Hall–Kier alpha value is -1.86. The number of nitrogens with one attached hydrogen (secondary N) is 2. The summed E-state index contributed by atoms with van der Waals surface area (Å²) in [5.41, 5.74) is 0.889. The minimum Gasteiger partial charge on any atom is -0.497 e. The zero-order valence-electron chi connectivity index (χ0n) is 11.3. The van der Waals surface area contributed by atoms with Crippen molar-refractivity contribution < 1.29 is 13.2 Å². The summed E-state index contributed by atoms with van der Waals surface area (Å²) in [5.74, 6) is 0.737. The minimum atomic E-state index is -3.57. The molecule has 0 spiro atoms. The van der Waals surface area contributed by atoms with Gasteiger partial charge >= 0.3 is 0 Å². The number of H-pyrrole nitrogens is 1. The standard InChI is InChI=1S/C13H17N3O3S/c1-3-13(10-4-6-11(19-2)7-5-10)16-20(17,18)12-8-14-15-9-12/h4-9,13,16H,3H2,1-2H3,(H,14,15). The number of aromatic amines is 1. The van der Waals surface area contributed by atoms with E-state index in [1.807, 2.05) is 31.2 Å². The molecule has 20 heavy (non-hydrogen) atoms. The van der Waals surface area contributed by atoms with Gasteiger partial charge in [-0.15, -0.1) is 0 Å². The molecule has 1 unspecified atom stereocenters. The fraction of sp³-hybridized carbons (Fsp3) is 0.308. The first-order chi connectivity index (χ1) is 9.56. The van der Waals surface area contributed by atoms with Crippen LogP contribution in [-0.4, -0.2) is 25.7 Å². The number of methoxy groups -OCH3 is 1. The first-order valence-electron chi connectivity index (χ1n) is 6.22. The normalized spacial score (nSPS) is 13.1. The lowest BCUT2D eigenvalue weighted by Gasteiger charge is -2.17. The fourth-order valence-electron chi connectivity index (χ4n) is 1.86. The van der Waals surface area contributed by atoms with Crippen LogP contribution in [0.25, 0.3) is 0 Å². The molecule has 0 radical (unpaired) electrons. The number of nitrogens with zero attached hydrogens (tertiary/aromatic N) is 1. The maximum Gasteiger partial charge on any atom is 0.244 e. The van der Waals surface area contributed by atoms with Gasteiger partial charge in [0.25, 0.3) is 0 Å². The van der Waals surface area contributed by atoms with Crippen LogP contribution in [0, 0.1) is 0 Å². The molecule has 6 nitrogen and oxygen atoms in total. The van der Waals surface area contributed by atoms with E-state index in [0.29, 0.717) is 6.42 Å². The summed E-state index contributed by atoms with van der Waals surface area (Å²) >= 11 is 0. The molecule has 0 aliphatic heterocycles. The predicted molar refractivity (Wildman–Crippen MR) is 74.9 cm³/mol. The quantitative estimate of drug-likeness (QED) is 0.851. The Morgan fingerprint density at radius 2 is 2.05 bits per heavy atom. The van der Waals surface area contributed by atoms with Gasteiger partial charge in [-0.05, 0) is 24.1 Å². The van der Waals surface area contributed by atoms with E-state index < -0.39 is 10.0 Å². The summed E-state index contributed by atoms with van der Waals surface area (Å²) in [6.07, 6.45) is 3.27. The van der Waals surface area contributed by atoms with Crippen LogP contribution >= 0.6 is 0 Å². The van der Waals surface area contributed by atoms with Crippen LogP contribution in [0.3, 0.4) is 0 Å². The summed E-state index contributed by atoms with van der Waals surface area (Å²) in [6.45, 7) is 1.92. The second kappa shape index (κ2) is 6.06. The molecule has 0 aliphatic carbocycles. The molecule has 1 aromatic carbocycles. The van der Waals surface area contributed by atoms with Crippen LogP contribution in [0.1, 0.15) is 24.9 Å². The Bertz CT molecular complexity index is 636. The van der Waals surface area contributed by atoms with Crippen molar-refractivity contribution in [1.82, 2.24) is 14.9 Å². The number of hydrogen-bond donors (Lipinski definition) is 2. The highest BCUT2D eigenvalue weighted by Gasteiger charge is 2.21. The third-order valence-corrected chi connectivity index (χ3v) is 4.45. The Balaban J connectivity index is 2.20. The van der Waals surface area contributed by atoms with Gasteiger partial charge in [0, 0.05) is 12.2 Å². The SMILES string of the molecule is CCC(NS(=O)(=O)c1cn[nH]c1)c1ccc(OC)cc1. The van der Waals surface area contributed by atoms with Crippen LogP contribution in [0.15, 0.2) is 41.6 Å². The maximum atomic E-state index is 12.2. The molecule has 108 valence electrons. The summed E-state index contributed by atoms with van der Waals surface area (Å²) in [6, 6.07) is 7.03. The number of aromatic nitrogens is 2. The number of benzene rings is 1. The van der Waals surface area contributed by atoms with Gasteiger partial charge in [-0.1, -0.05) is 19.1 Å². The van der Waals surface area contributed by atoms with Gasteiger partial charge in [0.1, 0.15) is 10.6 Å². The van der Waals surface area contributed by atoms with Crippen molar-refractivity contribution in [2.45, 2.75) is 24.3 Å². The Kier molecular flexibility index (Phi) is 4.41. The monoisotopic (exact) mass is 295 g/mol. The van der Waals surface area contributed by atoms with Gasteiger partial charge in [0.2, 0.25) is 10.0 Å². The second-order valence-electron chi connectivity index (χ2n) is 4.29. The molecule has 0 saturated carbocycles. The van der Waals surface area contributed by atoms with Gasteiger partial charge in [-0.3, -0.25) is 5.10 Å². The third kappa shape index (κ3) is 3.17. The van der Waals surface area contributed by atoms with Crippen molar-refractivity contribution >= 4 is 10.0 Å². The fourth-order valence-corrected chi connectivity index (χ4v) is 3.08. The van der Waals surface area contributed by atoms with Gasteiger partial charge in [0.05, 0.1) is 13.3 Å². The number of sulfonamides is 1. The molecule has 0 amide bonds. The third-order valence-electron chi connectivity index (χ3n) is 3.01. The molecule has 2 aromatic rings. The number of rotatable bonds is 6. The van der Waals surface area contributed by atoms with E-state index in [-0.39, 0.29) is 10.9 Å². The van der Waals surface area contributed by atoms with E-state index in [1.165, 1.54) is 12.4 Å². The largest absolute Gasteiger partial charge is 0.497 e. The van der Waals surface area contributed by atoms with Crippen LogP contribution < -0.4 is 9.46 Å². The predicted octanol–water partition coefficient (Wildman–Crippen LogP) is 1.85. The topological polar surface area (TPSA) is 84.1 Å². The van der Waals surface area contributed by atoms with Crippen LogP contribution in [0.2, 0.25) is 0 Å². The highest BCUT2D eigenvalue weighted by atomic mass is 32.2. The van der Waals surface area contributed by atoms with E-state index in [4.69, 9.17) is 4.74 Å². The lowest BCUT2D eigenvalue weighted by Crippen LogP contribution is -2.28. The van der Waals surface area contributed by atoms with Crippen LogP contribution in [-0.2, 0) is 10.0 Å². The molecule has 0 bridgehead atoms. The Labute approximate surface area is 118 Å². The number of hydrogen-bond acceptors (Lipinski definition) is 4. The minimum absolute atomic E-state index is 0.129. The van der Waals surface area contributed by atoms with Crippen molar-refractivity contribution in [3.05, 3.63) is 42.2 Å². The summed E-state index contributed by atoms with van der Waals surface area (Å²) < 4.78 is 32.1. The van der Waals surface area contributed by atoms with Gasteiger partial charge in [-0.25, -0.2) is 13.1 Å².